The molecule has 32 heavy (non-hydrogen) atoms. The van der Waals surface area contributed by atoms with Crippen LogP contribution in [-0.2, 0) is 11.3 Å². The summed E-state index contributed by atoms with van der Waals surface area (Å²) in [4.78, 5) is 25.7. The molecule has 0 saturated heterocycles. The largest absolute Gasteiger partial charge is 0.480 e. The number of nitrogens with one attached hydrogen (secondary N) is 2. The van der Waals surface area contributed by atoms with Gasteiger partial charge in [0.15, 0.2) is 0 Å². The summed E-state index contributed by atoms with van der Waals surface area (Å²) < 4.78 is 0. The Labute approximate surface area is 186 Å². The van der Waals surface area contributed by atoms with Crippen LogP contribution < -0.4 is 5.32 Å². The Morgan fingerprint density at radius 3 is 2.41 bits per heavy atom. The lowest BCUT2D eigenvalue weighted by atomic mass is 9.98. The van der Waals surface area contributed by atoms with Crippen molar-refractivity contribution in [3.63, 3.8) is 0 Å². The van der Waals surface area contributed by atoms with E-state index < -0.39 is 18.0 Å². The zero-order valence-electron chi connectivity index (χ0n) is 18.0. The van der Waals surface area contributed by atoms with Gasteiger partial charge in [-0.15, -0.1) is 16.8 Å². The van der Waals surface area contributed by atoms with Gasteiger partial charge in [-0.1, -0.05) is 68.5 Å². The highest BCUT2D eigenvalue weighted by Gasteiger charge is 2.25. The van der Waals surface area contributed by atoms with Gasteiger partial charge in [0.25, 0.3) is 0 Å². The number of carbonyl (C=O) groups excluding carboxylic acids is 1. The van der Waals surface area contributed by atoms with E-state index in [0.717, 1.165) is 22.3 Å². The SMILES string of the molecule is C=CCN(Cc1ccc(-c2ccccc2-c2nn[nH]n2)cc1)C(=O)NC(C(=O)O)C(C)C. The van der Waals surface area contributed by atoms with E-state index in [-0.39, 0.29) is 5.92 Å². The van der Waals surface area contributed by atoms with Crippen molar-refractivity contribution in [1.29, 1.82) is 0 Å². The van der Waals surface area contributed by atoms with E-state index in [1.165, 1.54) is 4.90 Å². The normalized spacial score (nSPS) is 11.7. The van der Waals surface area contributed by atoms with Crippen LogP contribution >= 0.6 is 0 Å². The van der Waals surface area contributed by atoms with Crippen molar-refractivity contribution in [2.24, 2.45) is 5.92 Å². The highest BCUT2D eigenvalue weighted by atomic mass is 16.4. The third-order valence-corrected chi connectivity index (χ3v) is 5.00. The van der Waals surface area contributed by atoms with Crippen LogP contribution in [0.5, 0.6) is 0 Å². The Morgan fingerprint density at radius 1 is 1.16 bits per heavy atom. The number of hydrogen-bond acceptors (Lipinski definition) is 5. The van der Waals surface area contributed by atoms with E-state index in [2.05, 4.69) is 32.5 Å². The van der Waals surface area contributed by atoms with E-state index in [1.54, 1.807) is 19.9 Å². The zero-order valence-corrected chi connectivity index (χ0v) is 18.0. The van der Waals surface area contributed by atoms with Crippen LogP contribution in [-0.4, -0.2) is 55.2 Å². The first-order chi connectivity index (χ1) is 15.4. The highest BCUT2D eigenvalue weighted by molar-refractivity contribution is 5.83. The number of aromatic nitrogens is 4. The van der Waals surface area contributed by atoms with E-state index >= 15 is 0 Å². The number of amides is 2. The predicted octanol–water partition coefficient (Wildman–Crippen LogP) is 3.34. The first-order valence-electron chi connectivity index (χ1n) is 10.2. The fraction of sp³-hybridized carbons (Fsp3) is 0.261. The van der Waals surface area contributed by atoms with Crippen molar-refractivity contribution < 1.29 is 14.7 Å². The lowest BCUT2D eigenvalue weighted by Crippen LogP contribution is -2.50. The van der Waals surface area contributed by atoms with Crippen molar-refractivity contribution in [3.8, 4) is 22.5 Å². The molecule has 0 saturated carbocycles. The smallest absolute Gasteiger partial charge is 0.326 e. The Morgan fingerprint density at radius 2 is 1.84 bits per heavy atom. The number of aliphatic carboxylic acids is 1. The number of hydrogen-bond donors (Lipinski definition) is 3. The van der Waals surface area contributed by atoms with Gasteiger partial charge in [0.2, 0.25) is 5.82 Å². The van der Waals surface area contributed by atoms with Gasteiger partial charge in [0.05, 0.1) is 0 Å². The van der Waals surface area contributed by atoms with Crippen molar-refractivity contribution in [2.45, 2.75) is 26.4 Å². The second-order valence-corrected chi connectivity index (χ2v) is 7.66. The number of carboxylic acids is 1. The van der Waals surface area contributed by atoms with Crippen LogP contribution in [0.4, 0.5) is 4.79 Å². The molecule has 1 heterocycles. The molecular weight excluding hydrogens is 408 g/mol. The molecule has 9 heteroatoms. The van der Waals surface area contributed by atoms with Gasteiger partial charge in [0.1, 0.15) is 6.04 Å². The predicted molar refractivity (Wildman–Crippen MR) is 120 cm³/mol. The molecule has 0 aliphatic rings. The summed E-state index contributed by atoms with van der Waals surface area (Å²) in [7, 11) is 0. The van der Waals surface area contributed by atoms with Crippen LogP contribution in [0.15, 0.2) is 61.2 Å². The minimum Gasteiger partial charge on any atom is -0.480 e. The second kappa shape index (κ2) is 10.3. The van der Waals surface area contributed by atoms with Gasteiger partial charge in [-0.2, -0.15) is 5.21 Å². The number of aromatic amines is 1. The summed E-state index contributed by atoms with van der Waals surface area (Å²) in [5.41, 5.74) is 3.69. The Balaban J connectivity index is 1.77. The first kappa shape index (κ1) is 22.7. The second-order valence-electron chi connectivity index (χ2n) is 7.66. The summed E-state index contributed by atoms with van der Waals surface area (Å²) in [6, 6.07) is 14.2. The summed E-state index contributed by atoms with van der Waals surface area (Å²) >= 11 is 0. The Kier molecular flexibility index (Phi) is 7.33. The molecule has 0 bridgehead atoms. The summed E-state index contributed by atoms with van der Waals surface area (Å²) in [5, 5.41) is 26.2. The number of tetrazole rings is 1. The molecule has 3 N–H and O–H groups in total. The van der Waals surface area contributed by atoms with E-state index in [9.17, 15) is 14.7 Å². The minimum absolute atomic E-state index is 0.236. The number of urea groups is 1. The monoisotopic (exact) mass is 434 g/mol. The number of benzene rings is 2. The van der Waals surface area contributed by atoms with Crippen molar-refractivity contribution >= 4 is 12.0 Å². The summed E-state index contributed by atoms with van der Waals surface area (Å²) in [6.45, 7) is 7.81. The third-order valence-electron chi connectivity index (χ3n) is 5.00. The quantitative estimate of drug-likeness (QED) is 0.444. The third kappa shape index (κ3) is 5.37. The number of H-pyrrole nitrogens is 1. The number of carbonyl (C=O) groups is 2. The molecule has 0 fully saturated rings. The molecule has 3 aromatic rings. The molecule has 0 aliphatic carbocycles. The first-order valence-corrected chi connectivity index (χ1v) is 10.2. The maximum atomic E-state index is 12.7. The average Bonchev–Trinajstić information content (AvgIpc) is 3.32. The van der Waals surface area contributed by atoms with Gasteiger partial charge in [-0.25, -0.2) is 9.59 Å². The van der Waals surface area contributed by atoms with Gasteiger partial charge < -0.3 is 15.3 Å². The maximum Gasteiger partial charge on any atom is 0.326 e. The lowest BCUT2D eigenvalue weighted by molar-refractivity contribution is -0.140. The molecule has 0 aliphatic heterocycles. The average molecular weight is 435 g/mol. The van der Waals surface area contributed by atoms with Crippen molar-refractivity contribution in [2.75, 3.05) is 6.54 Å². The van der Waals surface area contributed by atoms with E-state index in [4.69, 9.17) is 0 Å². The Bertz CT molecular complexity index is 1060. The van der Waals surface area contributed by atoms with Gasteiger partial charge in [0, 0.05) is 18.7 Å². The minimum atomic E-state index is -1.06. The molecule has 1 atom stereocenters. The standard InChI is InChI=1S/C23H26N6O3/c1-4-13-29(23(32)24-20(15(2)3)22(30)31)14-16-9-11-17(12-10-16)18-7-5-6-8-19(18)21-25-27-28-26-21/h4-12,15,20H,1,13-14H2,2-3H3,(H,24,32)(H,30,31)(H,25,26,27,28). The van der Waals surface area contributed by atoms with Crippen molar-refractivity contribution in [3.05, 3.63) is 66.7 Å². The number of nitrogens with zero attached hydrogens (tertiary/aromatic N) is 4. The molecule has 0 spiro atoms. The Hall–Kier alpha value is -4.01. The van der Waals surface area contributed by atoms with Crippen LogP contribution in [0.3, 0.4) is 0 Å². The number of rotatable bonds is 9. The molecule has 1 unspecified atom stereocenters. The van der Waals surface area contributed by atoms with E-state index in [1.807, 2.05) is 48.5 Å². The van der Waals surface area contributed by atoms with Gasteiger partial charge in [-0.3, -0.25) is 0 Å². The summed E-state index contributed by atoms with van der Waals surface area (Å²) in [5.74, 6) is -0.784. The molecule has 3 rings (SSSR count). The highest BCUT2D eigenvalue weighted by Crippen LogP contribution is 2.29. The molecule has 2 amide bonds. The van der Waals surface area contributed by atoms with Crippen LogP contribution in [0.1, 0.15) is 19.4 Å². The number of carboxylic acid groups (broad SMARTS) is 1. The molecule has 166 valence electrons. The molecule has 9 nitrogen and oxygen atoms in total. The van der Waals surface area contributed by atoms with Gasteiger partial charge in [-0.05, 0) is 27.8 Å². The molecule has 1 aromatic heterocycles. The molecule has 0 radical (unpaired) electrons. The molecule has 2 aromatic carbocycles. The van der Waals surface area contributed by atoms with Crippen LogP contribution in [0.2, 0.25) is 0 Å². The maximum absolute atomic E-state index is 12.7. The van der Waals surface area contributed by atoms with Gasteiger partial charge >= 0.3 is 12.0 Å². The van der Waals surface area contributed by atoms with Crippen LogP contribution in [0, 0.1) is 5.92 Å². The fourth-order valence-electron chi connectivity index (χ4n) is 3.33. The van der Waals surface area contributed by atoms with E-state index in [0.29, 0.717) is 18.9 Å². The topological polar surface area (TPSA) is 124 Å². The van der Waals surface area contributed by atoms with Crippen molar-refractivity contribution in [1.82, 2.24) is 30.8 Å². The molecular formula is C23H26N6O3. The zero-order chi connectivity index (χ0) is 23.1. The van der Waals surface area contributed by atoms with Crippen LogP contribution in [0.25, 0.3) is 22.5 Å². The lowest BCUT2D eigenvalue weighted by Gasteiger charge is -2.25. The summed E-state index contributed by atoms with van der Waals surface area (Å²) in [6.07, 6.45) is 1.61. The fourth-order valence-corrected chi connectivity index (χ4v) is 3.33.